The number of carbonyl (C=O) groups excluding carboxylic acids is 3. The smallest absolute Gasteiger partial charge is 0.264 e. The molecule has 0 aromatic heterocycles. The van der Waals surface area contributed by atoms with Gasteiger partial charge in [0.05, 0.1) is 10.7 Å². The molecule has 2 rings (SSSR count). The van der Waals surface area contributed by atoms with Crippen LogP contribution in [0.5, 0.6) is 5.75 Å². The van der Waals surface area contributed by atoms with Gasteiger partial charge in [-0.3, -0.25) is 30.6 Å². The Kier molecular flexibility index (Phi) is 9.51. The van der Waals surface area contributed by atoms with Crippen LogP contribution in [0.3, 0.4) is 0 Å². The van der Waals surface area contributed by atoms with Crippen LogP contribution in [0.1, 0.15) is 18.4 Å². The van der Waals surface area contributed by atoms with Crippen molar-refractivity contribution < 1.29 is 19.1 Å². The van der Waals surface area contributed by atoms with E-state index in [1.807, 2.05) is 19.1 Å². The number of halogens is 2. The molecule has 0 unspecified atom stereocenters. The highest BCUT2D eigenvalue weighted by Gasteiger charge is 2.11. The van der Waals surface area contributed by atoms with Gasteiger partial charge in [0.2, 0.25) is 11.8 Å². The van der Waals surface area contributed by atoms with Gasteiger partial charge in [-0.25, -0.2) is 0 Å². The van der Waals surface area contributed by atoms with Crippen LogP contribution < -0.4 is 26.2 Å². The molecule has 0 saturated heterocycles. The van der Waals surface area contributed by atoms with Crippen molar-refractivity contribution in [1.82, 2.24) is 16.2 Å². The Morgan fingerprint density at radius 2 is 1.68 bits per heavy atom. The summed E-state index contributed by atoms with van der Waals surface area (Å²) in [7, 11) is 0. The number of nitrogens with one attached hydrogen (secondary N) is 4. The number of aryl methyl sites for hydroxylation is 1. The van der Waals surface area contributed by atoms with Crippen LogP contribution in [0.15, 0.2) is 42.5 Å². The predicted octanol–water partition coefficient (Wildman–Crippen LogP) is 3.12. The van der Waals surface area contributed by atoms with E-state index in [1.165, 1.54) is 6.07 Å². The summed E-state index contributed by atoms with van der Waals surface area (Å²) in [5, 5.41) is 5.59. The van der Waals surface area contributed by atoms with Gasteiger partial charge in [0, 0.05) is 17.9 Å². The summed E-state index contributed by atoms with van der Waals surface area (Å²) >= 11 is 16.7. The lowest BCUT2D eigenvalue weighted by Gasteiger charge is -2.12. The standard InChI is InChI=1S/C20H20Cl2N4O4S/c1-12-4-2-3-5-16(12)30-11-19(29)24-20(31)26-25-18(28)9-8-17(27)23-15-7-6-13(21)10-14(15)22/h2-7,10H,8-9,11H2,1H3,(H,23,27)(H,25,28)(H2,24,26,29,31). The van der Waals surface area contributed by atoms with Crippen LogP contribution in [0.4, 0.5) is 5.69 Å². The number of thiocarbonyl (C=S) groups is 1. The van der Waals surface area contributed by atoms with Gasteiger partial charge in [-0.15, -0.1) is 0 Å². The highest BCUT2D eigenvalue weighted by Crippen LogP contribution is 2.25. The number of carbonyl (C=O) groups is 3. The molecule has 0 aliphatic heterocycles. The first-order valence-corrected chi connectivity index (χ1v) is 10.2. The number of benzene rings is 2. The van der Waals surface area contributed by atoms with Crippen molar-refractivity contribution in [2.45, 2.75) is 19.8 Å². The molecule has 0 aliphatic rings. The molecule has 8 nitrogen and oxygen atoms in total. The maximum Gasteiger partial charge on any atom is 0.264 e. The van der Waals surface area contributed by atoms with Gasteiger partial charge >= 0.3 is 0 Å². The summed E-state index contributed by atoms with van der Waals surface area (Å²) in [4.78, 5) is 35.7. The second-order valence-corrected chi connectivity index (χ2v) is 7.53. The van der Waals surface area contributed by atoms with Crippen molar-refractivity contribution in [1.29, 1.82) is 0 Å². The maximum atomic E-state index is 12.0. The van der Waals surface area contributed by atoms with Gasteiger partial charge in [0.15, 0.2) is 11.7 Å². The zero-order chi connectivity index (χ0) is 22.8. The van der Waals surface area contributed by atoms with E-state index < -0.39 is 17.7 Å². The van der Waals surface area contributed by atoms with Crippen LogP contribution in [-0.4, -0.2) is 29.4 Å². The Bertz CT molecular complexity index is 987. The third kappa shape index (κ3) is 8.79. The topological polar surface area (TPSA) is 109 Å². The molecule has 0 bridgehead atoms. The minimum Gasteiger partial charge on any atom is -0.483 e. The van der Waals surface area contributed by atoms with Crippen LogP contribution in [0.2, 0.25) is 10.0 Å². The Hall–Kier alpha value is -2.88. The molecule has 0 saturated carbocycles. The maximum absolute atomic E-state index is 12.0. The van der Waals surface area contributed by atoms with Crippen molar-refractivity contribution >= 4 is 63.9 Å². The van der Waals surface area contributed by atoms with Crippen molar-refractivity contribution in [2.24, 2.45) is 0 Å². The first-order valence-electron chi connectivity index (χ1n) is 9.06. The van der Waals surface area contributed by atoms with Crippen LogP contribution in [0.25, 0.3) is 0 Å². The monoisotopic (exact) mass is 482 g/mol. The summed E-state index contributed by atoms with van der Waals surface area (Å²) in [6.45, 7) is 1.62. The fourth-order valence-electron chi connectivity index (χ4n) is 2.28. The van der Waals surface area contributed by atoms with Crippen molar-refractivity contribution in [3.63, 3.8) is 0 Å². The third-order valence-corrected chi connectivity index (χ3v) is 4.56. The molecule has 3 amide bonds. The number of amides is 3. The fourth-order valence-corrected chi connectivity index (χ4v) is 2.90. The van der Waals surface area contributed by atoms with Gasteiger partial charge in [0.1, 0.15) is 5.75 Å². The van der Waals surface area contributed by atoms with Crippen molar-refractivity contribution in [2.75, 3.05) is 11.9 Å². The summed E-state index contributed by atoms with van der Waals surface area (Å²) in [6.07, 6.45) is -0.202. The highest BCUT2D eigenvalue weighted by atomic mass is 35.5. The zero-order valence-corrected chi connectivity index (χ0v) is 18.8. The lowest BCUT2D eigenvalue weighted by Crippen LogP contribution is -2.49. The van der Waals surface area contributed by atoms with E-state index in [-0.39, 0.29) is 24.6 Å². The Balaban J connectivity index is 1.64. The number of rotatable bonds is 7. The molecule has 164 valence electrons. The second-order valence-electron chi connectivity index (χ2n) is 6.28. The SMILES string of the molecule is Cc1ccccc1OCC(=O)NC(=S)NNC(=O)CCC(=O)Nc1ccc(Cl)cc1Cl. The lowest BCUT2D eigenvalue weighted by molar-refractivity contribution is -0.125. The molecule has 2 aromatic rings. The molecule has 4 N–H and O–H groups in total. The fraction of sp³-hybridized carbons (Fsp3) is 0.200. The minimum atomic E-state index is -0.495. The molecule has 0 radical (unpaired) electrons. The van der Waals surface area contributed by atoms with E-state index in [1.54, 1.807) is 24.3 Å². The zero-order valence-electron chi connectivity index (χ0n) is 16.5. The molecular weight excluding hydrogens is 463 g/mol. The number of hydrogen-bond acceptors (Lipinski definition) is 5. The lowest BCUT2D eigenvalue weighted by atomic mass is 10.2. The molecule has 31 heavy (non-hydrogen) atoms. The van der Waals surface area contributed by atoms with E-state index in [9.17, 15) is 14.4 Å². The van der Waals surface area contributed by atoms with Gasteiger partial charge in [-0.1, -0.05) is 41.4 Å². The van der Waals surface area contributed by atoms with E-state index in [4.69, 9.17) is 40.2 Å². The number of anilines is 1. The quantitative estimate of drug-likeness (QED) is 0.356. The minimum absolute atomic E-state index is 0.0874. The molecule has 11 heteroatoms. The van der Waals surface area contributed by atoms with E-state index >= 15 is 0 Å². The predicted molar refractivity (Wildman–Crippen MR) is 123 cm³/mol. The Morgan fingerprint density at radius 3 is 2.39 bits per heavy atom. The number of hydrogen-bond donors (Lipinski definition) is 4. The number of para-hydroxylation sites is 1. The summed E-state index contributed by atoms with van der Waals surface area (Å²) in [5.41, 5.74) is 5.98. The molecule has 0 atom stereocenters. The van der Waals surface area contributed by atoms with Crippen LogP contribution >= 0.6 is 35.4 Å². The molecule has 0 heterocycles. The first kappa shape index (κ1) is 24.4. The molecule has 0 aliphatic carbocycles. The highest BCUT2D eigenvalue weighted by molar-refractivity contribution is 7.80. The average Bonchev–Trinajstić information content (AvgIpc) is 2.72. The normalized spacial score (nSPS) is 10.0. The largest absolute Gasteiger partial charge is 0.483 e. The summed E-state index contributed by atoms with van der Waals surface area (Å²) in [5.74, 6) is -0.800. The molecular formula is C20H20Cl2N4O4S. The van der Waals surface area contributed by atoms with Crippen LogP contribution in [0, 0.1) is 6.92 Å². The van der Waals surface area contributed by atoms with E-state index in [0.717, 1.165) is 5.56 Å². The number of ether oxygens (including phenoxy) is 1. The molecule has 2 aromatic carbocycles. The third-order valence-electron chi connectivity index (χ3n) is 3.81. The van der Waals surface area contributed by atoms with Crippen molar-refractivity contribution in [3.8, 4) is 5.75 Å². The van der Waals surface area contributed by atoms with Gasteiger partial charge < -0.3 is 10.1 Å². The van der Waals surface area contributed by atoms with E-state index in [0.29, 0.717) is 21.5 Å². The van der Waals surface area contributed by atoms with Gasteiger partial charge in [-0.05, 0) is 49.0 Å². The Morgan fingerprint density at radius 1 is 0.968 bits per heavy atom. The van der Waals surface area contributed by atoms with Crippen molar-refractivity contribution in [3.05, 3.63) is 58.1 Å². The van der Waals surface area contributed by atoms with Gasteiger partial charge in [0.25, 0.3) is 5.91 Å². The summed E-state index contributed by atoms with van der Waals surface area (Å²) in [6, 6.07) is 11.9. The number of hydrazine groups is 1. The Labute approximate surface area is 194 Å². The second kappa shape index (κ2) is 12.1. The molecule has 0 fully saturated rings. The van der Waals surface area contributed by atoms with Gasteiger partial charge in [-0.2, -0.15) is 0 Å². The first-order chi connectivity index (χ1) is 14.7. The molecule has 0 spiro atoms. The van der Waals surface area contributed by atoms with Crippen LogP contribution in [-0.2, 0) is 14.4 Å². The van der Waals surface area contributed by atoms with E-state index in [2.05, 4.69) is 21.5 Å². The summed E-state index contributed by atoms with van der Waals surface area (Å²) < 4.78 is 5.41. The average molecular weight is 483 g/mol.